The maximum atomic E-state index is 2.52. The quantitative estimate of drug-likeness (QED) is 0.325. The van der Waals surface area contributed by atoms with Gasteiger partial charge in [-0.1, -0.05) is 69.9 Å². The molecule has 0 N–H and O–H groups in total. The van der Waals surface area contributed by atoms with E-state index < -0.39 is 0 Å². The van der Waals surface area contributed by atoms with Gasteiger partial charge in [-0.15, -0.1) is 0 Å². The van der Waals surface area contributed by atoms with E-state index in [0.29, 0.717) is 0 Å². The second-order valence-electron chi connectivity index (χ2n) is 7.21. The summed E-state index contributed by atoms with van der Waals surface area (Å²) in [5.41, 5.74) is 1.45. The lowest BCUT2D eigenvalue weighted by Gasteiger charge is -2.06. The molecule has 0 aliphatic rings. The zero-order valence-electron chi connectivity index (χ0n) is 16.4. The van der Waals surface area contributed by atoms with Crippen LogP contribution in [0.15, 0.2) is 42.7 Å². The minimum absolute atomic E-state index is 1.14. The third kappa shape index (κ3) is 7.05. The van der Waals surface area contributed by atoms with Crippen molar-refractivity contribution >= 4 is 0 Å². The number of imidazole rings is 1. The summed E-state index contributed by atoms with van der Waals surface area (Å²) < 4.78 is 5.03. The van der Waals surface area contributed by atoms with Crippen molar-refractivity contribution < 1.29 is 4.57 Å². The van der Waals surface area contributed by atoms with Crippen molar-refractivity contribution in [3.8, 4) is 0 Å². The molecule has 0 bridgehead atoms. The zero-order valence-corrected chi connectivity index (χ0v) is 16.4. The Hall–Kier alpha value is -1.57. The Morgan fingerprint density at radius 2 is 1.56 bits per heavy atom. The maximum absolute atomic E-state index is 2.52. The van der Waals surface area contributed by atoms with Gasteiger partial charge in [0.25, 0.3) is 5.82 Å². The number of rotatable bonds is 13. The molecule has 0 amide bonds. The van der Waals surface area contributed by atoms with E-state index in [9.17, 15) is 0 Å². The van der Waals surface area contributed by atoms with Crippen molar-refractivity contribution in [2.24, 2.45) is 0 Å². The van der Waals surface area contributed by atoms with Gasteiger partial charge in [-0.25, -0.2) is 9.13 Å². The second-order valence-corrected chi connectivity index (χ2v) is 7.21. The lowest BCUT2D eigenvalue weighted by atomic mass is 10.1. The molecular formula is C23H37N2+. The van der Waals surface area contributed by atoms with E-state index in [-0.39, 0.29) is 0 Å². The number of unbranched alkanes of at least 4 members (excludes halogenated alkanes) is 5. The number of benzene rings is 1. The van der Waals surface area contributed by atoms with Gasteiger partial charge >= 0.3 is 0 Å². The fourth-order valence-electron chi connectivity index (χ4n) is 3.53. The average molecular weight is 342 g/mol. The lowest BCUT2D eigenvalue weighted by Crippen LogP contribution is -2.37. The van der Waals surface area contributed by atoms with Gasteiger partial charge < -0.3 is 0 Å². The van der Waals surface area contributed by atoms with Crippen LogP contribution in [0.25, 0.3) is 0 Å². The smallest absolute Gasteiger partial charge is 0.234 e. The van der Waals surface area contributed by atoms with E-state index in [4.69, 9.17) is 0 Å². The van der Waals surface area contributed by atoms with E-state index in [1.54, 1.807) is 0 Å². The van der Waals surface area contributed by atoms with Gasteiger partial charge in [-0.05, 0) is 37.7 Å². The Morgan fingerprint density at radius 1 is 0.800 bits per heavy atom. The van der Waals surface area contributed by atoms with Crippen LogP contribution in [0.4, 0.5) is 0 Å². The molecule has 0 radical (unpaired) electrons. The van der Waals surface area contributed by atoms with E-state index in [1.807, 2.05) is 0 Å². The fourth-order valence-corrected chi connectivity index (χ4v) is 3.53. The highest BCUT2D eigenvalue weighted by Gasteiger charge is 2.16. The molecule has 0 unspecified atom stereocenters. The first-order chi connectivity index (χ1) is 12.3. The fraction of sp³-hybridized carbons (Fsp3) is 0.609. The van der Waals surface area contributed by atoms with Crippen LogP contribution >= 0.6 is 0 Å². The third-order valence-electron chi connectivity index (χ3n) is 5.05. The van der Waals surface area contributed by atoms with Crippen molar-refractivity contribution in [1.29, 1.82) is 0 Å². The van der Waals surface area contributed by atoms with Gasteiger partial charge in [0, 0.05) is 6.42 Å². The van der Waals surface area contributed by atoms with Gasteiger partial charge in [-0.3, -0.25) is 0 Å². The van der Waals surface area contributed by atoms with E-state index in [0.717, 1.165) is 6.54 Å². The Bertz CT molecular complexity index is 571. The molecule has 1 heterocycles. The first-order valence-electron chi connectivity index (χ1n) is 10.5. The van der Waals surface area contributed by atoms with E-state index in [2.05, 4.69) is 65.7 Å². The normalized spacial score (nSPS) is 11.1. The molecular weight excluding hydrogens is 304 g/mol. The van der Waals surface area contributed by atoms with Crippen molar-refractivity contribution in [2.45, 2.75) is 91.1 Å². The summed E-state index contributed by atoms with van der Waals surface area (Å²) in [6, 6.07) is 10.9. The summed E-state index contributed by atoms with van der Waals surface area (Å²) in [6.07, 6.45) is 17.5. The molecule has 2 rings (SSSR count). The number of nitrogens with zero attached hydrogens (tertiary/aromatic N) is 2. The summed E-state index contributed by atoms with van der Waals surface area (Å²) in [5.74, 6) is 1.54. The predicted octanol–water partition coefficient (Wildman–Crippen LogP) is 5.72. The Balaban J connectivity index is 1.91. The molecule has 25 heavy (non-hydrogen) atoms. The molecule has 0 atom stereocenters. The van der Waals surface area contributed by atoms with E-state index in [1.165, 1.54) is 82.1 Å². The molecule has 2 aromatic rings. The molecule has 0 spiro atoms. The molecule has 1 aromatic heterocycles. The first-order valence-corrected chi connectivity index (χ1v) is 10.5. The highest BCUT2D eigenvalue weighted by atomic mass is 15.1. The topological polar surface area (TPSA) is 8.81 Å². The van der Waals surface area contributed by atoms with E-state index >= 15 is 0 Å². The molecule has 1 aromatic carbocycles. The van der Waals surface area contributed by atoms with Crippen molar-refractivity contribution in [1.82, 2.24) is 4.57 Å². The summed E-state index contributed by atoms with van der Waals surface area (Å²) in [5, 5.41) is 0. The number of hydrogen-bond acceptors (Lipinski definition) is 0. The maximum Gasteiger partial charge on any atom is 0.256 e. The predicted molar refractivity (Wildman–Crippen MR) is 107 cm³/mol. The SMILES string of the molecule is CCCCCCn1cc[n+](CCCc2ccccc2)c1CCCCC. The minimum atomic E-state index is 1.14. The zero-order chi connectivity index (χ0) is 17.7. The first kappa shape index (κ1) is 19.8. The van der Waals surface area contributed by atoms with Crippen LogP contribution in [0.3, 0.4) is 0 Å². The summed E-state index contributed by atoms with van der Waals surface area (Å²) in [7, 11) is 0. The van der Waals surface area contributed by atoms with Crippen LogP contribution in [-0.4, -0.2) is 4.57 Å². The van der Waals surface area contributed by atoms with Crippen LogP contribution < -0.4 is 4.57 Å². The monoisotopic (exact) mass is 341 g/mol. The lowest BCUT2D eigenvalue weighted by molar-refractivity contribution is -0.704. The molecule has 0 aliphatic heterocycles. The molecule has 138 valence electrons. The van der Waals surface area contributed by atoms with Crippen LogP contribution in [-0.2, 0) is 25.9 Å². The van der Waals surface area contributed by atoms with Crippen LogP contribution in [0.2, 0.25) is 0 Å². The Labute approximate surface area is 154 Å². The number of hydrogen-bond donors (Lipinski definition) is 0. The van der Waals surface area contributed by atoms with Gasteiger partial charge in [0.2, 0.25) is 0 Å². The standard InChI is InChI=1S/C23H37N2/c1-3-5-7-12-18-24-20-21-25(23(24)17-9-6-4-2)19-13-16-22-14-10-8-11-15-22/h8,10-11,14-15,20-21H,3-7,9,12-13,16-19H2,1-2H3/q+1. The molecule has 0 saturated heterocycles. The second kappa shape index (κ2) is 11.9. The van der Waals surface area contributed by atoms with Gasteiger partial charge in [0.15, 0.2) is 0 Å². The van der Waals surface area contributed by atoms with Gasteiger partial charge in [0.05, 0.1) is 13.1 Å². The highest BCUT2D eigenvalue weighted by Crippen LogP contribution is 2.09. The van der Waals surface area contributed by atoms with Crippen molar-refractivity contribution in [3.63, 3.8) is 0 Å². The average Bonchev–Trinajstić information content (AvgIpc) is 3.02. The minimum Gasteiger partial charge on any atom is -0.234 e. The van der Waals surface area contributed by atoms with Gasteiger partial charge in [-0.2, -0.15) is 0 Å². The largest absolute Gasteiger partial charge is 0.256 e. The van der Waals surface area contributed by atoms with Crippen LogP contribution in [0.5, 0.6) is 0 Å². The highest BCUT2D eigenvalue weighted by molar-refractivity contribution is 5.14. The summed E-state index contributed by atoms with van der Waals surface area (Å²) in [6.45, 7) is 6.90. The third-order valence-corrected chi connectivity index (χ3v) is 5.05. The summed E-state index contributed by atoms with van der Waals surface area (Å²) in [4.78, 5) is 0. The number of aromatic nitrogens is 2. The Kier molecular flexibility index (Phi) is 9.40. The van der Waals surface area contributed by atoms with Crippen molar-refractivity contribution in [2.75, 3.05) is 0 Å². The Morgan fingerprint density at radius 3 is 2.32 bits per heavy atom. The molecule has 0 saturated carbocycles. The molecule has 0 fully saturated rings. The molecule has 0 aliphatic carbocycles. The van der Waals surface area contributed by atoms with Gasteiger partial charge in [0.1, 0.15) is 12.4 Å². The van der Waals surface area contributed by atoms with Crippen molar-refractivity contribution in [3.05, 3.63) is 54.1 Å². The summed E-state index contributed by atoms with van der Waals surface area (Å²) >= 11 is 0. The molecule has 2 nitrogen and oxygen atoms in total. The number of aryl methyl sites for hydroxylation is 3. The van der Waals surface area contributed by atoms with Crippen LogP contribution in [0, 0.1) is 0 Å². The molecule has 2 heteroatoms. The van der Waals surface area contributed by atoms with Crippen LogP contribution in [0.1, 0.15) is 76.6 Å².